The maximum absolute atomic E-state index is 12.4. The van der Waals surface area contributed by atoms with Crippen LogP contribution < -0.4 is 4.74 Å². The van der Waals surface area contributed by atoms with Crippen LogP contribution in [-0.4, -0.2) is 51.3 Å². The third-order valence-corrected chi connectivity index (χ3v) is 4.53. The summed E-state index contributed by atoms with van der Waals surface area (Å²) >= 11 is 3.37. The summed E-state index contributed by atoms with van der Waals surface area (Å²) in [5.41, 5.74) is -0.707. The van der Waals surface area contributed by atoms with Crippen LogP contribution in [0.25, 0.3) is 10.8 Å². The van der Waals surface area contributed by atoms with Gasteiger partial charge in [0.2, 0.25) is 5.88 Å². The van der Waals surface area contributed by atoms with Crippen LogP contribution in [0.3, 0.4) is 0 Å². The highest BCUT2D eigenvalue weighted by Crippen LogP contribution is 2.30. The minimum absolute atomic E-state index is 0.119. The number of pyridine rings is 1. The van der Waals surface area contributed by atoms with Crippen molar-refractivity contribution in [2.24, 2.45) is 0 Å². The first kappa shape index (κ1) is 19.4. The number of halogens is 1. The number of amides is 1. The normalized spacial score (nSPS) is 19.9. The summed E-state index contributed by atoms with van der Waals surface area (Å²) in [7, 11) is 0. The summed E-state index contributed by atoms with van der Waals surface area (Å²) in [6.45, 7) is 5.33. The van der Waals surface area contributed by atoms with Gasteiger partial charge in [-0.1, -0.05) is 18.2 Å². The lowest BCUT2D eigenvalue weighted by Crippen LogP contribution is -2.43. The van der Waals surface area contributed by atoms with Crippen molar-refractivity contribution in [3.05, 3.63) is 34.9 Å². The highest BCUT2D eigenvalue weighted by atomic mass is 79.9. The number of ether oxygens (including phenoxy) is 2. The lowest BCUT2D eigenvalue weighted by Gasteiger charge is -2.26. The van der Waals surface area contributed by atoms with Crippen molar-refractivity contribution in [3.8, 4) is 5.88 Å². The molecule has 144 valence electrons. The highest BCUT2D eigenvalue weighted by molar-refractivity contribution is 9.10. The van der Waals surface area contributed by atoms with E-state index in [4.69, 9.17) is 9.47 Å². The second kappa shape index (κ2) is 7.34. The van der Waals surface area contributed by atoms with E-state index in [9.17, 15) is 14.7 Å². The Bertz CT molecular complexity index is 880. The van der Waals surface area contributed by atoms with E-state index in [0.29, 0.717) is 10.5 Å². The molecule has 1 fully saturated rings. The fourth-order valence-corrected chi connectivity index (χ4v) is 3.43. The maximum Gasteiger partial charge on any atom is 0.411 e. The molecule has 2 unspecified atom stereocenters. The van der Waals surface area contributed by atoms with E-state index < -0.39 is 29.8 Å². The number of carboxylic acids is 1. The van der Waals surface area contributed by atoms with Gasteiger partial charge in [-0.05, 0) is 54.2 Å². The molecule has 0 bridgehead atoms. The Morgan fingerprint density at radius 1 is 1.30 bits per heavy atom. The van der Waals surface area contributed by atoms with E-state index in [1.165, 1.54) is 4.90 Å². The molecule has 1 saturated heterocycles. The van der Waals surface area contributed by atoms with Gasteiger partial charge in [-0.15, -0.1) is 0 Å². The molecule has 27 heavy (non-hydrogen) atoms. The maximum atomic E-state index is 12.4. The molecule has 8 heteroatoms. The van der Waals surface area contributed by atoms with Gasteiger partial charge in [0, 0.05) is 11.8 Å². The summed E-state index contributed by atoms with van der Waals surface area (Å²) in [5.74, 6) is -0.681. The molecule has 3 rings (SSSR count). The van der Waals surface area contributed by atoms with Gasteiger partial charge in [0.25, 0.3) is 0 Å². The number of rotatable bonds is 3. The number of carboxylic acid groups (broad SMARTS) is 1. The molecule has 7 nitrogen and oxygen atoms in total. The molecule has 2 atom stereocenters. The van der Waals surface area contributed by atoms with Crippen LogP contribution in [0.5, 0.6) is 5.88 Å². The molecule has 1 N–H and O–H groups in total. The molecule has 2 aromatic rings. The Balaban J connectivity index is 1.83. The monoisotopic (exact) mass is 436 g/mol. The summed E-state index contributed by atoms with van der Waals surface area (Å²) < 4.78 is 12.0. The first-order valence-corrected chi connectivity index (χ1v) is 9.38. The molecule has 0 spiro atoms. The number of benzene rings is 1. The predicted molar refractivity (Wildman–Crippen MR) is 103 cm³/mol. The van der Waals surface area contributed by atoms with Gasteiger partial charge in [0.15, 0.2) is 0 Å². The van der Waals surface area contributed by atoms with E-state index in [-0.39, 0.29) is 13.0 Å². The van der Waals surface area contributed by atoms with E-state index in [0.717, 1.165) is 10.8 Å². The van der Waals surface area contributed by atoms with Gasteiger partial charge in [-0.2, -0.15) is 0 Å². The van der Waals surface area contributed by atoms with Crippen molar-refractivity contribution in [3.63, 3.8) is 0 Å². The minimum Gasteiger partial charge on any atom is -0.480 e. The minimum atomic E-state index is -1.08. The molecular formula is C19H21BrN2O5. The van der Waals surface area contributed by atoms with Crippen LogP contribution in [0.4, 0.5) is 4.79 Å². The van der Waals surface area contributed by atoms with Crippen molar-refractivity contribution in [1.29, 1.82) is 0 Å². The number of hydrogen-bond donors (Lipinski definition) is 1. The van der Waals surface area contributed by atoms with Crippen LogP contribution in [0.2, 0.25) is 0 Å². The quantitative estimate of drug-likeness (QED) is 0.735. The Hall–Kier alpha value is -2.35. The highest BCUT2D eigenvalue weighted by Gasteiger charge is 2.43. The fraction of sp³-hybridized carbons (Fsp3) is 0.421. The van der Waals surface area contributed by atoms with Crippen molar-refractivity contribution in [2.75, 3.05) is 6.54 Å². The van der Waals surface area contributed by atoms with Crippen LogP contribution in [0.1, 0.15) is 27.2 Å². The second-order valence-corrected chi connectivity index (χ2v) is 8.25. The van der Waals surface area contributed by atoms with Crippen LogP contribution in [-0.2, 0) is 9.53 Å². The number of carbonyl (C=O) groups excluding carboxylic acids is 1. The number of likely N-dealkylation sites (tertiary alicyclic amines) is 1. The molecule has 1 aliphatic heterocycles. The summed E-state index contributed by atoms with van der Waals surface area (Å²) in [6, 6.07) is 8.51. The Morgan fingerprint density at radius 3 is 2.67 bits per heavy atom. The van der Waals surface area contributed by atoms with E-state index >= 15 is 0 Å². The fourth-order valence-electron chi connectivity index (χ4n) is 3.02. The topological polar surface area (TPSA) is 89.0 Å². The van der Waals surface area contributed by atoms with Gasteiger partial charge < -0.3 is 14.6 Å². The number of nitrogens with zero attached hydrogens (tertiary/aromatic N) is 2. The van der Waals surface area contributed by atoms with Crippen LogP contribution in [0, 0.1) is 0 Å². The van der Waals surface area contributed by atoms with E-state index in [2.05, 4.69) is 20.9 Å². The second-order valence-electron chi connectivity index (χ2n) is 7.43. The molecule has 1 aromatic heterocycles. The first-order valence-electron chi connectivity index (χ1n) is 8.58. The number of aliphatic carboxylic acids is 1. The van der Waals surface area contributed by atoms with Crippen LogP contribution >= 0.6 is 15.9 Å². The average molecular weight is 437 g/mol. The van der Waals surface area contributed by atoms with Gasteiger partial charge in [0.05, 0.1) is 6.54 Å². The number of hydrogen-bond acceptors (Lipinski definition) is 5. The Kier molecular flexibility index (Phi) is 5.28. The summed E-state index contributed by atoms with van der Waals surface area (Å²) in [4.78, 5) is 29.6. The SMILES string of the molecule is CC(C)(C)OC(=O)N1CC(Oc2nc(Br)cc3ccccc23)CC1C(=O)O. The third kappa shape index (κ3) is 4.50. The van der Waals surface area contributed by atoms with Gasteiger partial charge in [0.1, 0.15) is 22.4 Å². The smallest absolute Gasteiger partial charge is 0.411 e. The van der Waals surface area contributed by atoms with Crippen molar-refractivity contribution in [1.82, 2.24) is 9.88 Å². The predicted octanol–water partition coefficient (Wildman–Crippen LogP) is 3.84. The summed E-state index contributed by atoms with van der Waals surface area (Å²) in [5, 5.41) is 11.3. The zero-order chi connectivity index (χ0) is 19.8. The van der Waals surface area contributed by atoms with Crippen molar-refractivity contribution in [2.45, 2.75) is 44.9 Å². The molecule has 2 heterocycles. The number of aromatic nitrogens is 1. The molecule has 0 saturated carbocycles. The zero-order valence-electron chi connectivity index (χ0n) is 15.3. The standard InChI is InChI=1S/C19H21BrN2O5/c1-19(2,3)27-18(25)22-10-12(9-14(22)17(23)24)26-16-13-7-5-4-6-11(13)8-15(20)21-16/h4-8,12,14H,9-10H2,1-3H3,(H,23,24). The largest absolute Gasteiger partial charge is 0.480 e. The Labute approximate surface area is 165 Å². The van der Waals surface area contributed by atoms with Crippen molar-refractivity contribution >= 4 is 38.8 Å². The Morgan fingerprint density at radius 2 is 2.00 bits per heavy atom. The average Bonchev–Trinajstić information content (AvgIpc) is 2.97. The van der Waals surface area contributed by atoms with Gasteiger partial charge in [-0.3, -0.25) is 4.90 Å². The molecule has 0 radical (unpaired) electrons. The number of carbonyl (C=O) groups is 2. The van der Waals surface area contributed by atoms with E-state index in [1.807, 2.05) is 30.3 Å². The molecule has 0 aliphatic carbocycles. The first-order chi connectivity index (χ1) is 12.6. The van der Waals surface area contributed by atoms with Gasteiger partial charge >= 0.3 is 12.1 Å². The molecule has 1 aromatic carbocycles. The molecular weight excluding hydrogens is 416 g/mol. The van der Waals surface area contributed by atoms with Crippen molar-refractivity contribution < 1.29 is 24.2 Å². The molecule has 1 amide bonds. The van der Waals surface area contributed by atoms with Gasteiger partial charge in [-0.25, -0.2) is 14.6 Å². The number of fused-ring (bicyclic) bond motifs is 1. The third-order valence-electron chi connectivity index (χ3n) is 4.13. The van der Waals surface area contributed by atoms with Crippen LogP contribution in [0.15, 0.2) is 34.9 Å². The summed E-state index contributed by atoms with van der Waals surface area (Å²) in [6.07, 6.45) is -0.992. The lowest BCUT2D eigenvalue weighted by molar-refractivity contribution is -0.142. The van der Waals surface area contributed by atoms with E-state index in [1.54, 1.807) is 20.8 Å². The zero-order valence-corrected chi connectivity index (χ0v) is 16.9. The molecule has 1 aliphatic rings. The lowest BCUT2D eigenvalue weighted by atomic mass is 10.1.